The fourth-order valence-corrected chi connectivity index (χ4v) is 1.21. The molecule has 0 saturated carbocycles. The molecule has 0 aromatic rings. The maximum atomic E-state index is 9.58. The Morgan fingerprint density at radius 3 is 0.404 bits per heavy atom. The van der Waals surface area contributed by atoms with Gasteiger partial charge < -0.3 is 125 Å². The molecule has 0 aromatic heterocycles. The van der Waals surface area contributed by atoms with Crippen LogP contribution in [0.4, 0.5) is 0 Å². The average molecular weight is 846 g/mol. The largest absolute Gasteiger partial charge is 5.00 e. The van der Waals surface area contributed by atoms with E-state index in [0.29, 0.717) is 0 Å². The van der Waals surface area contributed by atoms with Gasteiger partial charge in [0.05, 0.1) is 60.4 Å². The zero-order chi connectivity index (χ0) is 37.2. The number of rotatable bonds is 15. The quantitative estimate of drug-likeness (QED) is 0.0955. The van der Waals surface area contributed by atoms with Crippen LogP contribution in [0.1, 0.15) is 32.1 Å². The molecular formula is C20H20Nb2O25. The Labute approximate surface area is 290 Å². The van der Waals surface area contributed by atoms with Gasteiger partial charge in [0.2, 0.25) is 0 Å². The van der Waals surface area contributed by atoms with Gasteiger partial charge in [0.1, 0.15) is 0 Å². The third-order valence-corrected chi connectivity index (χ3v) is 3.16. The number of carbonyl (C=O) groups is 10. The maximum Gasteiger partial charge on any atom is 5.00 e. The second kappa shape index (κ2) is 33.3. The topological polar surface area (TPSA) is 502 Å². The normalized spacial score (nSPS) is 12.0. The Kier molecular flexibility index (Phi) is 41.5. The average Bonchev–Trinajstić information content (AvgIpc) is 2.83. The van der Waals surface area contributed by atoms with Crippen molar-refractivity contribution >= 4 is 59.7 Å². The molecule has 27 heteroatoms. The Hall–Kier alpha value is -4.02. The second-order valence-corrected chi connectivity index (χ2v) is 7.05. The molecule has 0 saturated heterocycles. The van der Waals surface area contributed by atoms with Crippen molar-refractivity contribution in [2.24, 2.45) is 0 Å². The van der Waals surface area contributed by atoms with Crippen LogP contribution in [0.25, 0.3) is 0 Å². The molecule has 0 aliphatic rings. The summed E-state index contributed by atoms with van der Waals surface area (Å²) in [6.07, 6.45) is -14.5. The van der Waals surface area contributed by atoms with Gasteiger partial charge in [-0.3, -0.25) is 0 Å². The van der Waals surface area contributed by atoms with Crippen molar-refractivity contribution < 1.29 is 169 Å². The Morgan fingerprint density at radius 2 is 0.383 bits per heavy atom. The SMILES string of the molecule is O=C([O-])CC(O)C(=O)[O-].O=C([O-])CC(O)C(=O)[O-].O=C([O-])CC(O)C(=O)[O-].O=C([O-])CC(O)C(=O)[O-].O=C([O-])CC(O)C(=O)[O-].[Nb+5].[Nb+5]. The molecule has 260 valence electrons. The Bertz CT molecular complexity index is 842. The predicted molar refractivity (Wildman–Crippen MR) is 103 cm³/mol. The van der Waals surface area contributed by atoms with E-state index in [1.165, 1.54) is 0 Å². The molecule has 0 aliphatic heterocycles. The number of aliphatic hydroxyl groups excluding tert-OH is 5. The third-order valence-electron chi connectivity index (χ3n) is 3.16. The molecule has 47 heavy (non-hydrogen) atoms. The molecule has 0 aromatic carbocycles. The third kappa shape index (κ3) is 51.8. The van der Waals surface area contributed by atoms with Crippen LogP contribution in [-0.4, -0.2) is 116 Å². The van der Waals surface area contributed by atoms with Crippen molar-refractivity contribution in [3.8, 4) is 0 Å². The van der Waals surface area contributed by atoms with E-state index < -0.39 is 122 Å². The van der Waals surface area contributed by atoms with Crippen LogP contribution in [0.5, 0.6) is 0 Å². The van der Waals surface area contributed by atoms with E-state index in [0.717, 1.165) is 0 Å². The monoisotopic (exact) mass is 846 g/mol. The van der Waals surface area contributed by atoms with E-state index in [9.17, 15) is 99.0 Å². The molecule has 0 fully saturated rings. The van der Waals surface area contributed by atoms with Gasteiger partial charge in [-0.2, -0.15) is 0 Å². The molecule has 0 radical (unpaired) electrons. The second-order valence-electron chi connectivity index (χ2n) is 7.05. The fourth-order valence-electron chi connectivity index (χ4n) is 1.21. The van der Waals surface area contributed by atoms with Crippen LogP contribution in [0.2, 0.25) is 0 Å². The molecule has 0 aliphatic carbocycles. The van der Waals surface area contributed by atoms with Crippen molar-refractivity contribution in [2.75, 3.05) is 0 Å². The summed E-state index contributed by atoms with van der Waals surface area (Å²) in [5.41, 5.74) is 0. The number of carbonyl (C=O) groups excluding carboxylic acids is 10. The fraction of sp³-hybridized carbons (Fsp3) is 0.500. The van der Waals surface area contributed by atoms with E-state index >= 15 is 0 Å². The summed E-state index contributed by atoms with van der Waals surface area (Å²) >= 11 is 0. The molecule has 5 atom stereocenters. The van der Waals surface area contributed by atoms with Crippen molar-refractivity contribution in [3.05, 3.63) is 0 Å². The molecule has 0 bridgehead atoms. The number of hydrogen-bond acceptors (Lipinski definition) is 25. The summed E-state index contributed by atoms with van der Waals surface area (Å²) in [6.45, 7) is 0. The first-order chi connectivity index (χ1) is 20.2. The number of hydrogen-bond donors (Lipinski definition) is 5. The molecule has 0 rings (SSSR count). The number of aliphatic carboxylic acids is 10. The first-order valence-corrected chi connectivity index (χ1v) is 10.6. The van der Waals surface area contributed by atoms with Gasteiger partial charge in [-0.05, 0) is 0 Å². The zero-order valence-corrected chi connectivity index (χ0v) is 27.1. The number of carboxylic acids is 10. The van der Waals surface area contributed by atoms with Gasteiger partial charge in [-0.15, -0.1) is 0 Å². The Morgan fingerprint density at radius 1 is 0.298 bits per heavy atom. The molecule has 0 spiro atoms. The summed E-state index contributed by atoms with van der Waals surface area (Å²) in [5.74, 6) is -17.1. The zero-order valence-electron chi connectivity index (χ0n) is 22.7. The minimum atomic E-state index is -1.96. The predicted octanol–water partition coefficient (Wildman–Crippen LogP) is -18.8. The van der Waals surface area contributed by atoms with E-state index in [2.05, 4.69) is 0 Å². The van der Waals surface area contributed by atoms with Crippen molar-refractivity contribution in [3.63, 3.8) is 0 Å². The summed E-state index contributed by atoms with van der Waals surface area (Å²) in [5, 5.41) is 137. The smallest absolute Gasteiger partial charge is 0.550 e. The molecule has 0 heterocycles. The van der Waals surface area contributed by atoms with Crippen LogP contribution in [-0.2, 0) is 92.7 Å². The van der Waals surface area contributed by atoms with Crippen molar-refractivity contribution in [1.29, 1.82) is 0 Å². The van der Waals surface area contributed by atoms with Gasteiger partial charge in [0, 0.05) is 62.0 Å². The standard InChI is InChI=1S/5C4H6O5.2Nb/c5*5-2(4(8)9)1-3(6)7;;/h5*2,5H,1H2,(H,6,7)(H,8,9);;/q;;;;;2*+5/p-10. The summed E-state index contributed by atoms with van der Waals surface area (Å²) in [6, 6.07) is 0. The minimum absolute atomic E-state index is 0. The number of carboxylic acid groups (broad SMARTS) is 10. The van der Waals surface area contributed by atoms with Crippen molar-refractivity contribution in [2.45, 2.75) is 62.6 Å². The van der Waals surface area contributed by atoms with Crippen molar-refractivity contribution in [1.82, 2.24) is 0 Å². The van der Waals surface area contributed by atoms with E-state index in [1.54, 1.807) is 0 Å². The first kappa shape index (κ1) is 58.5. The van der Waals surface area contributed by atoms with E-state index in [-0.39, 0.29) is 44.8 Å². The van der Waals surface area contributed by atoms with Crippen LogP contribution in [0.3, 0.4) is 0 Å². The van der Waals surface area contributed by atoms with E-state index in [1.807, 2.05) is 0 Å². The summed E-state index contributed by atoms with van der Waals surface area (Å²) in [7, 11) is 0. The molecule has 5 unspecified atom stereocenters. The van der Waals surface area contributed by atoms with Crippen LogP contribution >= 0.6 is 0 Å². The molecule has 5 N–H and O–H groups in total. The summed E-state index contributed by atoms with van der Waals surface area (Å²) < 4.78 is 0. The minimum Gasteiger partial charge on any atom is -0.550 e. The molecule has 25 nitrogen and oxygen atoms in total. The first-order valence-electron chi connectivity index (χ1n) is 10.6. The van der Waals surface area contributed by atoms with Gasteiger partial charge in [0.25, 0.3) is 0 Å². The number of aliphatic hydroxyl groups is 5. The van der Waals surface area contributed by atoms with Crippen LogP contribution in [0, 0.1) is 0 Å². The van der Waals surface area contributed by atoms with Gasteiger partial charge >= 0.3 is 44.8 Å². The van der Waals surface area contributed by atoms with Gasteiger partial charge in [0.15, 0.2) is 0 Å². The molecule has 0 amide bonds. The van der Waals surface area contributed by atoms with Gasteiger partial charge in [-0.1, -0.05) is 0 Å². The maximum absolute atomic E-state index is 9.58. The summed E-state index contributed by atoms with van der Waals surface area (Å²) in [4.78, 5) is 95.7. The Balaban J connectivity index is -0.0000000842. The van der Waals surface area contributed by atoms with E-state index in [4.69, 9.17) is 25.5 Å². The van der Waals surface area contributed by atoms with Gasteiger partial charge in [-0.25, -0.2) is 0 Å². The molecular weight excluding hydrogens is 826 g/mol. The van der Waals surface area contributed by atoms with Crippen LogP contribution < -0.4 is 51.1 Å². The van der Waals surface area contributed by atoms with Crippen LogP contribution in [0.15, 0.2) is 0 Å².